The van der Waals surface area contributed by atoms with Gasteiger partial charge in [0, 0.05) is 11.3 Å². The van der Waals surface area contributed by atoms with Crippen LogP contribution in [0, 0.1) is 0 Å². The molecule has 0 fully saturated rings. The van der Waals surface area contributed by atoms with Gasteiger partial charge in [-0.3, -0.25) is 14.5 Å². The maximum atomic E-state index is 12.8. The minimum atomic E-state index is -4.81. The Hall–Kier alpha value is -3.08. The molecular weight excluding hydrogens is 435 g/mol. The summed E-state index contributed by atoms with van der Waals surface area (Å²) in [6, 6.07) is 10.1. The summed E-state index contributed by atoms with van der Waals surface area (Å²) in [4.78, 5) is 17.2. The fraction of sp³-hybridized carbons (Fsp3) is 0.300. The SMILES string of the molecule is CCCCC(N=C1NS(=O)(=O)c2ccccc21)C(=O)Nc1ccc(OC(F)(F)F)cc1. The van der Waals surface area contributed by atoms with Gasteiger partial charge in [-0.05, 0) is 42.8 Å². The number of sulfonamides is 1. The zero-order chi connectivity index (χ0) is 22.6. The fourth-order valence-corrected chi connectivity index (χ4v) is 4.24. The maximum Gasteiger partial charge on any atom is 0.573 e. The molecule has 0 spiro atoms. The highest BCUT2D eigenvalue weighted by Gasteiger charge is 2.32. The smallest absolute Gasteiger partial charge is 0.406 e. The van der Waals surface area contributed by atoms with E-state index in [-0.39, 0.29) is 16.4 Å². The predicted molar refractivity (Wildman–Crippen MR) is 108 cm³/mol. The molecular formula is C20H20F3N3O4S. The Morgan fingerprint density at radius 2 is 1.84 bits per heavy atom. The molecule has 1 amide bonds. The van der Waals surface area contributed by atoms with E-state index >= 15 is 0 Å². The van der Waals surface area contributed by atoms with Crippen molar-refractivity contribution in [3.05, 3.63) is 54.1 Å². The van der Waals surface area contributed by atoms with Crippen molar-refractivity contribution in [1.29, 1.82) is 0 Å². The van der Waals surface area contributed by atoms with Crippen molar-refractivity contribution in [1.82, 2.24) is 4.72 Å². The first-order valence-corrected chi connectivity index (χ1v) is 10.9. The average Bonchev–Trinajstić information content (AvgIpc) is 2.96. The number of amidine groups is 1. The molecule has 0 saturated heterocycles. The van der Waals surface area contributed by atoms with Crippen molar-refractivity contribution in [3.63, 3.8) is 0 Å². The standard InChI is InChI=1S/C20H20F3N3O4S/c1-2-3-7-16(25-18-15-6-4-5-8-17(15)31(28,29)26-18)19(27)24-13-9-11-14(12-10-13)30-20(21,22)23/h4-6,8-12,16H,2-3,7H2,1H3,(H,24,27)(H,25,26). The first kappa shape index (κ1) is 22.6. The molecule has 3 rings (SSSR count). The lowest BCUT2D eigenvalue weighted by Crippen LogP contribution is -2.30. The molecule has 0 aromatic heterocycles. The number of hydrogen-bond donors (Lipinski definition) is 2. The van der Waals surface area contributed by atoms with Crippen LogP contribution in [0.5, 0.6) is 5.75 Å². The van der Waals surface area contributed by atoms with Crippen LogP contribution < -0.4 is 14.8 Å². The van der Waals surface area contributed by atoms with Crippen LogP contribution in [0.25, 0.3) is 0 Å². The van der Waals surface area contributed by atoms with E-state index < -0.39 is 34.1 Å². The van der Waals surface area contributed by atoms with Gasteiger partial charge in [0.15, 0.2) is 0 Å². The van der Waals surface area contributed by atoms with E-state index in [1.165, 1.54) is 18.2 Å². The third-order valence-corrected chi connectivity index (χ3v) is 5.83. The van der Waals surface area contributed by atoms with Crippen LogP contribution in [0.4, 0.5) is 18.9 Å². The van der Waals surface area contributed by atoms with E-state index in [4.69, 9.17) is 0 Å². The summed E-state index contributed by atoms with van der Waals surface area (Å²) in [5.41, 5.74) is 0.638. The molecule has 31 heavy (non-hydrogen) atoms. The Bertz CT molecular complexity index is 1080. The van der Waals surface area contributed by atoms with Crippen molar-refractivity contribution in [3.8, 4) is 5.75 Å². The van der Waals surface area contributed by atoms with Crippen molar-refractivity contribution >= 4 is 27.5 Å². The quantitative estimate of drug-likeness (QED) is 0.663. The molecule has 2 N–H and O–H groups in total. The molecule has 2 aromatic rings. The van der Waals surface area contributed by atoms with Gasteiger partial charge >= 0.3 is 6.36 Å². The van der Waals surface area contributed by atoms with Gasteiger partial charge in [0.2, 0.25) is 5.91 Å². The highest BCUT2D eigenvalue weighted by atomic mass is 32.2. The molecule has 2 aromatic carbocycles. The number of carbonyl (C=O) groups is 1. The molecule has 1 aliphatic heterocycles. The van der Waals surface area contributed by atoms with Gasteiger partial charge in [0.05, 0.1) is 4.90 Å². The average molecular weight is 455 g/mol. The Morgan fingerprint density at radius 3 is 2.48 bits per heavy atom. The van der Waals surface area contributed by atoms with Crippen molar-refractivity contribution in [2.45, 2.75) is 43.5 Å². The van der Waals surface area contributed by atoms with E-state index in [0.29, 0.717) is 18.4 Å². The van der Waals surface area contributed by atoms with Crippen molar-refractivity contribution in [2.75, 3.05) is 5.32 Å². The first-order chi connectivity index (χ1) is 14.6. The van der Waals surface area contributed by atoms with E-state index in [0.717, 1.165) is 18.6 Å². The number of aliphatic imine (C=N–C) groups is 1. The highest BCUT2D eigenvalue weighted by Crippen LogP contribution is 2.25. The molecule has 1 heterocycles. The van der Waals surface area contributed by atoms with E-state index in [1.807, 2.05) is 6.92 Å². The highest BCUT2D eigenvalue weighted by molar-refractivity contribution is 7.90. The lowest BCUT2D eigenvalue weighted by molar-refractivity contribution is -0.274. The van der Waals surface area contributed by atoms with Gasteiger partial charge in [-0.25, -0.2) is 8.42 Å². The van der Waals surface area contributed by atoms with Crippen LogP contribution in [-0.4, -0.2) is 32.6 Å². The Kier molecular flexibility index (Phi) is 6.54. The number of alkyl halides is 3. The minimum absolute atomic E-state index is 0.0841. The second kappa shape index (κ2) is 8.96. The van der Waals surface area contributed by atoms with Crippen LogP contribution in [0.1, 0.15) is 31.7 Å². The second-order valence-electron chi connectivity index (χ2n) is 6.80. The summed E-state index contributed by atoms with van der Waals surface area (Å²) >= 11 is 0. The van der Waals surface area contributed by atoms with Crippen LogP contribution in [0.3, 0.4) is 0 Å². The molecule has 0 radical (unpaired) electrons. The molecule has 0 saturated carbocycles. The number of nitrogens with zero attached hydrogens (tertiary/aromatic N) is 1. The van der Waals surface area contributed by atoms with Crippen LogP contribution in [-0.2, 0) is 14.8 Å². The number of fused-ring (bicyclic) bond motifs is 1. The summed E-state index contributed by atoms with van der Waals surface area (Å²) in [6.45, 7) is 1.94. The number of carbonyl (C=O) groups excluding carboxylic acids is 1. The predicted octanol–water partition coefficient (Wildman–Crippen LogP) is 3.82. The molecule has 0 aliphatic carbocycles. The van der Waals surface area contributed by atoms with E-state index in [2.05, 4.69) is 19.8 Å². The van der Waals surface area contributed by atoms with Crippen molar-refractivity contribution < 1.29 is 31.1 Å². The minimum Gasteiger partial charge on any atom is -0.406 e. The Balaban J connectivity index is 1.80. The summed E-state index contributed by atoms with van der Waals surface area (Å²) in [6.07, 6.45) is -2.98. The maximum absolute atomic E-state index is 12.8. The third kappa shape index (κ3) is 5.75. The van der Waals surface area contributed by atoms with Gasteiger partial charge in [-0.2, -0.15) is 0 Å². The number of halogens is 3. The number of unbranched alkanes of at least 4 members (excludes halogenated alkanes) is 1. The first-order valence-electron chi connectivity index (χ1n) is 9.46. The number of rotatable bonds is 7. The largest absolute Gasteiger partial charge is 0.573 e. The summed E-state index contributed by atoms with van der Waals surface area (Å²) in [7, 11) is -3.74. The van der Waals surface area contributed by atoms with Gasteiger partial charge in [0.1, 0.15) is 17.6 Å². The molecule has 166 valence electrons. The Morgan fingerprint density at radius 1 is 1.16 bits per heavy atom. The van der Waals surface area contributed by atoms with Gasteiger partial charge in [0.25, 0.3) is 10.0 Å². The Labute approximate surface area is 177 Å². The third-order valence-electron chi connectivity index (χ3n) is 4.44. The van der Waals surface area contributed by atoms with Crippen LogP contribution in [0.15, 0.2) is 58.4 Å². The summed E-state index contributed by atoms with van der Waals surface area (Å²) < 4.78 is 67.5. The van der Waals surface area contributed by atoms with Crippen LogP contribution in [0.2, 0.25) is 0 Å². The van der Waals surface area contributed by atoms with Gasteiger partial charge < -0.3 is 10.1 Å². The monoisotopic (exact) mass is 455 g/mol. The van der Waals surface area contributed by atoms with Crippen LogP contribution >= 0.6 is 0 Å². The molecule has 1 unspecified atom stereocenters. The second-order valence-corrected chi connectivity index (χ2v) is 8.45. The molecule has 1 aliphatic rings. The number of nitrogens with one attached hydrogen (secondary N) is 2. The number of benzene rings is 2. The number of amides is 1. The van der Waals surface area contributed by atoms with Gasteiger partial charge in [-0.1, -0.05) is 31.9 Å². The lowest BCUT2D eigenvalue weighted by Gasteiger charge is -2.14. The summed E-state index contributed by atoms with van der Waals surface area (Å²) in [5, 5.41) is 2.60. The van der Waals surface area contributed by atoms with E-state index in [9.17, 15) is 26.4 Å². The normalized spacial score (nSPS) is 17.0. The molecule has 0 bridgehead atoms. The van der Waals surface area contributed by atoms with E-state index in [1.54, 1.807) is 18.2 Å². The number of anilines is 1. The molecule has 11 heteroatoms. The zero-order valence-electron chi connectivity index (χ0n) is 16.4. The fourth-order valence-electron chi connectivity index (χ4n) is 3.00. The van der Waals surface area contributed by atoms with Gasteiger partial charge in [-0.15, -0.1) is 13.2 Å². The zero-order valence-corrected chi connectivity index (χ0v) is 17.3. The summed E-state index contributed by atoms with van der Waals surface area (Å²) in [5.74, 6) is -0.833. The topological polar surface area (TPSA) is 96.9 Å². The molecule has 7 nitrogen and oxygen atoms in total. The number of hydrogen-bond acceptors (Lipinski definition) is 5. The number of ether oxygens (including phenoxy) is 1. The van der Waals surface area contributed by atoms with Crippen molar-refractivity contribution in [2.24, 2.45) is 4.99 Å². The lowest BCUT2D eigenvalue weighted by atomic mass is 10.1. The molecule has 1 atom stereocenters.